The second-order valence-corrected chi connectivity index (χ2v) is 10.3. The number of carbonyl (C=O) groups is 1. The van der Waals surface area contributed by atoms with Gasteiger partial charge in [-0.2, -0.15) is 4.31 Å². The van der Waals surface area contributed by atoms with E-state index >= 15 is 0 Å². The first-order chi connectivity index (χ1) is 14.4. The molecule has 2 aliphatic rings. The fourth-order valence-corrected chi connectivity index (χ4v) is 6.06. The summed E-state index contributed by atoms with van der Waals surface area (Å²) in [5, 5.41) is 0.474. The fraction of sp³-hybridized carbons (Fsp3) is 0.409. The van der Waals surface area contributed by atoms with Crippen molar-refractivity contribution in [3.05, 3.63) is 64.9 Å². The van der Waals surface area contributed by atoms with Crippen molar-refractivity contribution >= 4 is 27.5 Å². The molecule has 2 aromatic carbocycles. The standard InChI is InChI=1S/C22H24ClFN2O3S/c23-18-7-11-20(12-8-18)30(28,29)25-13-1-3-17(15-25)22(27)26-14-2-4-21(26)16-5-9-19(24)10-6-16/h5-12,17,21H,1-4,13-15H2/t17-,21+/m1/s1. The molecule has 2 aromatic rings. The van der Waals surface area contributed by atoms with Crippen LogP contribution in [0.4, 0.5) is 4.39 Å². The van der Waals surface area contributed by atoms with E-state index in [1.165, 1.54) is 28.6 Å². The van der Waals surface area contributed by atoms with Crippen molar-refractivity contribution in [2.45, 2.75) is 36.6 Å². The Morgan fingerprint density at radius 2 is 1.63 bits per heavy atom. The summed E-state index contributed by atoms with van der Waals surface area (Å²) in [6.07, 6.45) is 3.01. The van der Waals surface area contributed by atoms with Gasteiger partial charge in [-0.3, -0.25) is 4.79 Å². The number of hydrogen-bond acceptors (Lipinski definition) is 3. The monoisotopic (exact) mass is 450 g/mol. The highest BCUT2D eigenvalue weighted by molar-refractivity contribution is 7.89. The van der Waals surface area contributed by atoms with Crippen LogP contribution in [0.5, 0.6) is 0 Å². The summed E-state index contributed by atoms with van der Waals surface area (Å²) < 4.78 is 40.8. The molecule has 0 unspecified atom stereocenters. The Morgan fingerprint density at radius 3 is 2.33 bits per heavy atom. The highest BCUT2D eigenvalue weighted by Crippen LogP contribution is 2.35. The van der Waals surface area contributed by atoms with Crippen molar-refractivity contribution in [2.24, 2.45) is 5.92 Å². The number of likely N-dealkylation sites (tertiary alicyclic amines) is 1. The number of hydrogen-bond donors (Lipinski definition) is 0. The minimum atomic E-state index is -3.68. The molecule has 2 heterocycles. The number of piperidine rings is 1. The smallest absolute Gasteiger partial charge is 0.243 e. The second kappa shape index (κ2) is 8.65. The topological polar surface area (TPSA) is 57.7 Å². The lowest BCUT2D eigenvalue weighted by Gasteiger charge is -2.35. The maximum atomic E-state index is 13.3. The molecule has 30 heavy (non-hydrogen) atoms. The van der Waals surface area contributed by atoms with Gasteiger partial charge < -0.3 is 4.90 Å². The molecule has 2 saturated heterocycles. The fourth-order valence-electron chi connectivity index (χ4n) is 4.41. The van der Waals surface area contributed by atoms with Gasteiger partial charge in [0, 0.05) is 24.7 Å². The van der Waals surface area contributed by atoms with Crippen LogP contribution in [0, 0.1) is 11.7 Å². The van der Waals surface area contributed by atoms with E-state index in [2.05, 4.69) is 0 Å². The molecule has 2 aliphatic heterocycles. The number of amides is 1. The lowest BCUT2D eigenvalue weighted by molar-refractivity contribution is -0.137. The molecule has 0 spiro atoms. The number of sulfonamides is 1. The Hall–Kier alpha value is -1.96. The first-order valence-electron chi connectivity index (χ1n) is 10.2. The number of nitrogens with zero attached hydrogens (tertiary/aromatic N) is 2. The molecule has 0 saturated carbocycles. The summed E-state index contributed by atoms with van der Waals surface area (Å²) in [7, 11) is -3.68. The summed E-state index contributed by atoms with van der Waals surface area (Å²) in [6, 6.07) is 12.3. The van der Waals surface area contributed by atoms with E-state index in [4.69, 9.17) is 11.6 Å². The van der Waals surface area contributed by atoms with Gasteiger partial charge in [0.25, 0.3) is 0 Å². The van der Waals surface area contributed by atoms with E-state index in [1.807, 2.05) is 4.90 Å². The third-order valence-electron chi connectivity index (χ3n) is 5.98. The van der Waals surface area contributed by atoms with E-state index in [0.29, 0.717) is 31.0 Å². The van der Waals surface area contributed by atoms with Crippen LogP contribution in [0.25, 0.3) is 0 Å². The summed E-state index contributed by atoms with van der Waals surface area (Å²) in [4.78, 5) is 15.3. The number of benzene rings is 2. The van der Waals surface area contributed by atoms with Crippen LogP contribution >= 0.6 is 11.6 Å². The summed E-state index contributed by atoms with van der Waals surface area (Å²) in [5.41, 5.74) is 0.920. The van der Waals surface area contributed by atoms with Gasteiger partial charge in [0.1, 0.15) is 5.82 Å². The van der Waals surface area contributed by atoms with Crippen molar-refractivity contribution < 1.29 is 17.6 Å². The average Bonchev–Trinajstić information content (AvgIpc) is 3.24. The van der Waals surface area contributed by atoms with Gasteiger partial charge in [0.2, 0.25) is 15.9 Å². The predicted octanol–water partition coefficient (Wildman–Crippen LogP) is 4.24. The molecule has 4 rings (SSSR count). The maximum absolute atomic E-state index is 13.3. The molecule has 0 bridgehead atoms. The molecule has 0 N–H and O–H groups in total. The van der Waals surface area contributed by atoms with Gasteiger partial charge in [-0.25, -0.2) is 12.8 Å². The molecule has 1 amide bonds. The first-order valence-corrected chi connectivity index (χ1v) is 12.0. The van der Waals surface area contributed by atoms with E-state index < -0.39 is 10.0 Å². The van der Waals surface area contributed by atoms with Crippen LogP contribution in [0.1, 0.15) is 37.3 Å². The average molecular weight is 451 g/mol. The van der Waals surface area contributed by atoms with Crippen molar-refractivity contribution in [1.82, 2.24) is 9.21 Å². The van der Waals surface area contributed by atoms with Crippen LogP contribution in [-0.4, -0.2) is 43.2 Å². The van der Waals surface area contributed by atoms with E-state index in [9.17, 15) is 17.6 Å². The molecule has 2 fully saturated rings. The summed E-state index contributed by atoms with van der Waals surface area (Å²) in [6.45, 7) is 1.22. The van der Waals surface area contributed by atoms with Crippen LogP contribution in [0.15, 0.2) is 53.4 Å². The molecule has 2 atom stereocenters. The molecule has 160 valence electrons. The third-order valence-corrected chi connectivity index (χ3v) is 8.11. The quantitative estimate of drug-likeness (QED) is 0.699. The van der Waals surface area contributed by atoms with Gasteiger partial charge in [0.05, 0.1) is 16.9 Å². The zero-order valence-electron chi connectivity index (χ0n) is 16.5. The second-order valence-electron chi connectivity index (χ2n) is 7.90. The van der Waals surface area contributed by atoms with Gasteiger partial charge in [-0.1, -0.05) is 23.7 Å². The summed E-state index contributed by atoms with van der Waals surface area (Å²) >= 11 is 5.88. The van der Waals surface area contributed by atoms with Gasteiger partial charge in [-0.05, 0) is 67.6 Å². The Labute approximate surface area is 181 Å². The molecular weight excluding hydrogens is 427 g/mol. The van der Waals surface area contributed by atoms with E-state index in [1.54, 1.807) is 24.3 Å². The molecule has 0 aliphatic carbocycles. The van der Waals surface area contributed by atoms with Gasteiger partial charge in [-0.15, -0.1) is 0 Å². The zero-order chi connectivity index (χ0) is 21.3. The minimum Gasteiger partial charge on any atom is -0.335 e. The van der Waals surface area contributed by atoms with Crippen LogP contribution in [-0.2, 0) is 14.8 Å². The van der Waals surface area contributed by atoms with Gasteiger partial charge >= 0.3 is 0 Å². The largest absolute Gasteiger partial charge is 0.335 e. The Balaban J connectivity index is 1.50. The van der Waals surface area contributed by atoms with Crippen molar-refractivity contribution in [3.8, 4) is 0 Å². The first kappa shape index (κ1) is 21.3. The maximum Gasteiger partial charge on any atom is 0.243 e. The zero-order valence-corrected chi connectivity index (χ0v) is 18.1. The number of halogens is 2. The van der Waals surface area contributed by atoms with Crippen molar-refractivity contribution in [3.63, 3.8) is 0 Å². The highest BCUT2D eigenvalue weighted by atomic mass is 35.5. The SMILES string of the molecule is O=C([C@@H]1CCCN(S(=O)(=O)c2ccc(Cl)cc2)C1)N1CCC[C@H]1c1ccc(F)cc1. The van der Waals surface area contributed by atoms with Crippen molar-refractivity contribution in [1.29, 1.82) is 0 Å². The van der Waals surface area contributed by atoms with Crippen LogP contribution < -0.4 is 0 Å². The lowest BCUT2D eigenvalue weighted by Crippen LogP contribution is -2.46. The van der Waals surface area contributed by atoms with Gasteiger partial charge in [0.15, 0.2) is 0 Å². The molecular formula is C22H24ClFN2O3S. The minimum absolute atomic E-state index is 0.0159. The molecule has 8 heteroatoms. The summed E-state index contributed by atoms with van der Waals surface area (Å²) in [5.74, 6) is -0.690. The number of carbonyl (C=O) groups excluding carboxylic acids is 1. The Morgan fingerprint density at radius 1 is 0.967 bits per heavy atom. The Kier molecular flexibility index (Phi) is 6.14. The highest BCUT2D eigenvalue weighted by Gasteiger charge is 2.38. The Bertz CT molecular complexity index is 1010. The normalized spacial score (nSPS) is 22.9. The lowest BCUT2D eigenvalue weighted by atomic mass is 9.96. The van der Waals surface area contributed by atoms with E-state index in [0.717, 1.165) is 18.4 Å². The third kappa shape index (κ3) is 4.24. The molecule has 0 aromatic heterocycles. The van der Waals surface area contributed by atoms with Crippen LogP contribution in [0.3, 0.4) is 0 Å². The van der Waals surface area contributed by atoms with E-state index in [-0.39, 0.29) is 35.1 Å². The molecule has 5 nitrogen and oxygen atoms in total. The predicted molar refractivity (Wildman–Crippen MR) is 113 cm³/mol. The molecule has 0 radical (unpaired) electrons. The van der Waals surface area contributed by atoms with Crippen LogP contribution in [0.2, 0.25) is 5.02 Å². The van der Waals surface area contributed by atoms with Crippen molar-refractivity contribution in [2.75, 3.05) is 19.6 Å². The number of rotatable bonds is 4.